The third kappa shape index (κ3) is 4.07. The van der Waals surface area contributed by atoms with Crippen LogP contribution in [0.4, 0.5) is 0 Å². The molecule has 1 fully saturated rings. The molecule has 1 aliphatic rings. The fourth-order valence-corrected chi connectivity index (χ4v) is 3.77. The normalized spacial score (nSPS) is 18.7. The average Bonchev–Trinajstić information content (AvgIpc) is 2.49. The summed E-state index contributed by atoms with van der Waals surface area (Å²) in [7, 11) is 0. The molecule has 1 heteroatoms. The van der Waals surface area contributed by atoms with Crippen molar-refractivity contribution in [1.82, 2.24) is 5.32 Å². The molecule has 19 heavy (non-hydrogen) atoms. The molecule has 1 heterocycles. The van der Waals surface area contributed by atoms with E-state index in [0.717, 1.165) is 17.8 Å². The second-order valence-corrected chi connectivity index (χ2v) is 6.02. The van der Waals surface area contributed by atoms with Gasteiger partial charge in [0.25, 0.3) is 0 Å². The number of rotatable bonds is 6. The molecule has 1 aromatic carbocycles. The van der Waals surface area contributed by atoms with Gasteiger partial charge in [-0.05, 0) is 55.7 Å². The van der Waals surface area contributed by atoms with E-state index in [2.05, 4.69) is 49.5 Å². The third-order valence-corrected chi connectivity index (χ3v) is 4.96. The van der Waals surface area contributed by atoms with Crippen LogP contribution >= 0.6 is 0 Å². The van der Waals surface area contributed by atoms with Gasteiger partial charge in [-0.15, -0.1) is 0 Å². The maximum atomic E-state index is 3.51. The zero-order valence-corrected chi connectivity index (χ0v) is 12.6. The Morgan fingerprint density at radius 1 is 1.05 bits per heavy atom. The number of benzene rings is 1. The summed E-state index contributed by atoms with van der Waals surface area (Å²) in [6, 6.07) is 11.1. The molecule has 1 N–H and O–H groups in total. The Morgan fingerprint density at radius 3 is 2.26 bits per heavy atom. The van der Waals surface area contributed by atoms with Gasteiger partial charge in [0.1, 0.15) is 0 Å². The van der Waals surface area contributed by atoms with Crippen LogP contribution in [0.2, 0.25) is 0 Å². The molecule has 1 atom stereocenters. The minimum Gasteiger partial charge on any atom is -0.317 e. The van der Waals surface area contributed by atoms with Crippen LogP contribution in [0.25, 0.3) is 0 Å². The van der Waals surface area contributed by atoms with E-state index in [0.29, 0.717) is 0 Å². The maximum absolute atomic E-state index is 3.51. The first-order valence-corrected chi connectivity index (χ1v) is 8.09. The van der Waals surface area contributed by atoms with Crippen molar-refractivity contribution in [3.05, 3.63) is 35.9 Å². The number of piperidine rings is 1. The smallest absolute Gasteiger partial charge is 0.00462 e. The highest BCUT2D eigenvalue weighted by molar-refractivity contribution is 5.15. The van der Waals surface area contributed by atoms with E-state index in [1.807, 2.05) is 0 Å². The molecule has 1 unspecified atom stereocenters. The van der Waals surface area contributed by atoms with Crippen LogP contribution in [-0.4, -0.2) is 13.1 Å². The van der Waals surface area contributed by atoms with Crippen LogP contribution in [0.5, 0.6) is 0 Å². The lowest BCUT2D eigenvalue weighted by atomic mass is 9.72. The van der Waals surface area contributed by atoms with Gasteiger partial charge < -0.3 is 5.32 Å². The summed E-state index contributed by atoms with van der Waals surface area (Å²) >= 11 is 0. The second kappa shape index (κ2) is 7.69. The SMILES string of the molecule is CCC(CC)C(Cc1ccccc1)C1CCNCC1. The van der Waals surface area contributed by atoms with Crippen molar-refractivity contribution >= 4 is 0 Å². The van der Waals surface area contributed by atoms with E-state index < -0.39 is 0 Å². The Kier molecular flexibility index (Phi) is 5.91. The minimum atomic E-state index is 0.875. The molecule has 1 aliphatic heterocycles. The Bertz CT molecular complexity index is 336. The van der Waals surface area contributed by atoms with Gasteiger partial charge in [-0.1, -0.05) is 57.0 Å². The first kappa shape index (κ1) is 14.6. The van der Waals surface area contributed by atoms with Crippen LogP contribution in [0.15, 0.2) is 30.3 Å². The molecule has 1 nitrogen and oxygen atoms in total. The van der Waals surface area contributed by atoms with Crippen molar-refractivity contribution in [1.29, 1.82) is 0 Å². The van der Waals surface area contributed by atoms with Gasteiger partial charge >= 0.3 is 0 Å². The predicted molar refractivity (Wildman–Crippen MR) is 83.3 cm³/mol. The molecule has 0 aromatic heterocycles. The monoisotopic (exact) mass is 259 g/mol. The van der Waals surface area contributed by atoms with E-state index in [9.17, 15) is 0 Å². The van der Waals surface area contributed by atoms with Crippen molar-refractivity contribution in [3.63, 3.8) is 0 Å². The summed E-state index contributed by atoms with van der Waals surface area (Å²) in [5, 5.41) is 3.51. The largest absolute Gasteiger partial charge is 0.317 e. The highest BCUT2D eigenvalue weighted by Crippen LogP contribution is 2.34. The molecule has 0 aliphatic carbocycles. The number of hydrogen-bond acceptors (Lipinski definition) is 1. The zero-order valence-electron chi connectivity index (χ0n) is 12.6. The molecule has 106 valence electrons. The quantitative estimate of drug-likeness (QED) is 0.804. The maximum Gasteiger partial charge on any atom is -0.00462 e. The van der Waals surface area contributed by atoms with Crippen molar-refractivity contribution in [2.45, 2.75) is 46.0 Å². The summed E-state index contributed by atoms with van der Waals surface area (Å²) in [6.07, 6.45) is 6.68. The van der Waals surface area contributed by atoms with E-state index >= 15 is 0 Å². The van der Waals surface area contributed by atoms with Crippen LogP contribution in [0.3, 0.4) is 0 Å². The van der Waals surface area contributed by atoms with E-state index in [1.54, 1.807) is 0 Å². The molecule has 0 radical (unpaired) electrons. The third-order valence-electron chi connectivity index (χ3n) is 4.96. The molecule has 2 rings (SSSR count). The van der Waals surface area contributed by atoms with Gasteiger partial charge in [-0.2, -0.15) is 0 Å². The van der Waals surface area contributed by atoms with Crippen molar-refractivity contribution < 1.29 is 0 Å². The van der Waals surface area contributed by atoms with E-state index in [4.69, 9.17) is 0 Å². The minimum absolute atomic E-state index is 0.875. The Morgan fingerprint density at radius 2 is 1.68 bits per heavy atom. The van der Waals surface area contributed by atoms with Gasteiger partial charge in [0.05, 0.1) is 0 Å². The molecule has 0 bridgehead atoms. The molecule has 1 saturated heterocycles. The number of nitrogens with one attached hydrogen (secondary N) is 1. The van der Waals surface area contributed by atoms with Crippen molar-refractivity contribution in [2.75, 3.05) is 13.1 Å². The van der Waals surface area contributed by atoms with Gasteiger partial charge in [0, 0.05) is 0 Å². The van der Waals surface area contributed by atoms with Gasteiger partial charge in [-0.3, -0.25) is 0 Å². The highest BCUT2D eigenvalue weighted by Gasteiger charge is 2.28. The Balaban J connectivity index is 2.08. The Labute approximate surface area is 118 Å². The van der Waals surface area contributed by atoms with Gasteiger partial charge in [-0.25, -0.2) is 0 Å². The standard InChI is InChI=1S/C18H29N/c1-3-16(4-2)18(17-10-12-19-13-11-17)14-15-8-6-5-7-9-15/h5-9,16-19H,3-4,10-14H2,1-2H3. The van der Waals surface area contributed by atoms with Crippen LogP contribution < -0.4 is 5.32 Å². The molecular formula is C18H29N. The predicted octanol–water partition coefficient (Wildman–Crippen LogP) is 4.28. The average molecular weight is 259 g/mol. The first-order chi connectivity index (χ1) is 9.35. The molecular weight excluding hydrogens is 230 g/mol. The van der Waals surface area contributed by atoms with Crippen LogP contribution in [-0.2, 0) is 6.42 Å². The molecule has 1 aromatic rings. The van der Waals surface area contributed by atoms with Gasteiger partial charge in [0.15, 0.2) is 0 Å². The van der Waals surface area contributed by atoms with E-state index in [1.165, 1.54) is 50.8 Å². The van der Waals surface area contributed by atoms with Crippen molar-refractivity contribution in [2.24, 2.45) is 17.8 Å². The fraction of sp³-hybridized carbons (Fsp3) is 0.667. The number of hydrogen-bond donors (Lipinski definition) is 1. The summed E-state index contributed by atoms with van der Waals surface area (Å²) in [6.45, 7) is 7.17. The zero-order chi connectivity index (χ0) is 13.5. The summed E-state index contributed by atoms with van der Waals surface area (Å²) in [4.78, 5) is 0. The summed E-state index contributed by atoms with van der Waals surface area (Å²) in [5.74, 6) is 2.69. The Hall–Kier alpha value is -0.820. The van der Waals surface area contributed by atoms with Crippen LogP contribution in [0, 0.1) is 17.8 Å². The lowest BCUT2D eigenvalue weighted by Crippen LogP contribution is -2.35. The van der Waals surface area contributed by atoms with Crippen LogP contribution in [0.1, 0.15) is 45.1 Å². The lowest BCUT2D eigenvalue weighted by molar-refractivity contribution is 0.174. The molecule has 0 amide bonds. The lowest BCUT2D eigenvalue weighted by Gasteiger charge is -2.36. The molecule has 0 spiro atoms. The first-order valence-electron chi connectivity index (χ1n) is 8.09. The highest BCUT2D eigenvalue weighted by atomic mass is 14.9. The molecule has 0 saturated carbocycles. The summed E-state index contributed by atoms with van der Waals surface area (Å²) < 4.78 is 0. The van der Waals surface area contributed by atoms with E-state index in [-0.39, 0.29) is 0 Å². The summed E-state index contributed by atoms with van der Waals surface area (Å²) in [5.41, 5.74) is 1.53. The fourth-order valence-electron chi connectivity index (χ4n) is 3.77. The van der Waals surface area contributed by atoms with Gasteiger partial charge in [0.2, 0.25) is 0 Å². The topological polar surface area (TPSA) is 12.0 Å². The van der Waals surface area contributed by atoms with Crippen molar-refractivity contribution in [3.8, 4) is 0 Å². The second-order valence-electron chi connectivity index (χ2n) is 6.02.